The van der Waals surface area contributed by atoms with Crippen LogP contribution in [0.25, 0.3) is 0 Å². The lowest BCUT2D eigenvalue weighted by Gasteiger charge is -2.20. The lowest BCUT2D eigenvalue weighted by molar-refractivity contribution is -0.129. The van der Waals surface area contributed by atoms with Gasteiger partial charge in [0.05, 0.1) is 6.54 Å². The van der Waals surface area contributed by atoms with E-state index in [1.807, 2.05) is 30.2 Å². The number of thiophene rings is 1. The number of hydrogen-bond donors (Lipinski definition) is 1. The zero-order valence-corrected chi connectivity index (χ0v) is 12.9. The van der Waals surface area contributed by atoms with E-state index in [0.29, 0.717) is 6.54 Å². The van der Waals surface area contributed by atoms with Gasteiger partial charge in [-0.1, -0.05) is 0 Å². The number of halogens is 1. The number of amides is 1. The van der Waals surface area contributed by atoms with E-state index in [9.17, 15) is 4.79 Å². The monoisotopic (exact) mass is 318 g/mol. The van der Waals surface area contributed by atoms with Gasteiger partial charge in [-0.25, -0.2) is 0 Å². The minimum atomic E-state index is 0.162. The summed E-state index contributed by atoms with van der Waals surface area (Å²) < 4.78 is 1.11. The molecule has 3 nitrogen and oxygen atoms in total. The normalized spacial score (nSPS) is 12.5. The van der Waals surface area contributed by atoms with E-state index >= 15 is 0 Å². The fraction of sp³-hybridized carbons (Fsp3) is 0.583. The van der Waals surface area contributed by atoms with Gasteiger partial charge in [0.1, 0.15) is 0 Å². The molecule has 1 heterocycles. The Morgan fingerprint density at radius 3 is 2.65 bits per heavy atom. The summed E-state index contributed by atoms with van der Waals surface area (Å²) in [5.41, 5.74) is 0. The summed E-state index contributed by atoms with van der Waals surface area (Å²) in [7, 11) is 0. The van der Waals surface area contributed by atoms with Gasteiger partial charge >= 0.3 is 0 Å². The second kappa shape index (κ2) is 7.13. The third-order valence-electron chi connectivity index (χ3n) is 2.71. The quantitative estimate of drug-likeness (QED) is 0.874. The molecule has 1 N–H and O–H groups in total. The van der Waals surface area contributed by atoms with Crippen LogP contribution in [0.15, 0.2) is 15.9 Å². The lowest BCUT2D eigenvalue weighted by Crippen LogP contribution is -2.38. The molecule has 1 aromatic heterocycles. The van der Waals surface area contributed by atoms with Gasteiger partial charge in [-0.15, -0.1) is 11.3 Å². The van der Waals surface area contributed by atoms with Crippen LogP contribution in [0.3, 0.4) is 0 Å². The highest BCUT2D eigenvalue weighted by Gasteiger charge is 2.14. The average Bonchev–Trinajstić information content (AvgIpc) is 2.74. The number of hydrogen-bond acceptors (Lipinski definition) is 3. The SMILES string of the molecule is CCN(CC)C(=O)CNC(C)c1sccc1Br. The topological polar surface area (TPSA) is 32.3 Å². The summed E-state index contributed by atoms with van der Waals surface area (Å²) >= 11 is 5.20. The van der Waals surface area contributed by atoms with Crippen molar-refractivity contribution in [3.63, 3.8) is 0 Å². The molecular weight excluding hydrogens is 300 g/mol. The van der Waals surface area contributed by atoms with Crippen molar-refractivity contribution in [1.82, 2.24) is 10.2 Å². The van der Waals surface area contributed by atoms with Crippen LogP contribution in [0.2, 0.25) is 0 Å². The molecule has 0 fully saturated rings. The van der Waals surface area contributed by atoms with Gasteiger partial charge in [0.25, 0.3) is 0 Å². The molecule has 1 rings (SSSR count). The fourth-order valence-corrected chi connectivity index (χ4v) is 3.39. The molecule has 0 aliphatic carbocycles. The van der Waals surface area contributed by atoms with E-state index in [1.54, 1.807) is 11.3 Å². The van der Waals surface area contributed by atoms with Gasteiger partial charge in [0.2, 0.25) is 5.91 Å². The number of carbonyl (C=O) groups is 1. The highest BCUT2D eigenvalue weighted by Crippen LogP contribution is 2.28. The molecule has 0 aromatic carbocycles. The van der Waals surface area contributed by atoms with E-state index in [2.05, 4.69) is 28.2 Å². The Bertz CT molecular complexity index is 363. The summed E-state index contributed by atoms with van der Waals surface area (Å²) in [5, 5.41) is 5.31. The number of nitrogens with zero attached hydrogens (tertiary/aromatic N) is 1. The molecular formula is C12H19BrN2OS. The first-order valence-corrected chi connectivity index (χ1v) is 7.51. The molecule has 1 aromatic rings. The molecule has 0 radical (unpaired) electrons. The van der Waals surface area contributed by atoms with Gasteiger partial charge < -0.3 is 10.2 Å². The summed E-state index contributed by atoms with van der Waals surface area (Å²) in [6.07, 6.45) is 0. The molecule has 5 heteroatoms. The summed E-state index contributed by atoms with van der Waals surface area (Å²) in [4.78, 5) is 14.9. The molecule has 1 unspecified atom stereocenters. The van der Waals surface area contributed by atoms with Crippen LogP contribution in [0.5, 0.6) is 0 Å². The fourth-order valence-electron chi connectivity index (χ4n) is 1.64. The van der Waals surface area contributed by atoms with E-state index < -0.39 is 0 Å². The maximum Gasteiger partial charge on any atom is 0.236 e. The smallest absolute Gasteiger partial charge is 0.236 e. The Morgan fingerprint density at radius 1 is 1.53 bits per heavy atom. The van der Waals surface area contributed by atoms with Crippen LogP contribution in [0, 0.1) is 0 Å². The van der Waals surface area contributed by atoms with Crippen molar-refractivity contribution in [1.29, 1.82) is 0 Å². The lowest BCUT2D eigenvalue weighted by atomic mass is 10.2. The molecule has 0 aliphatic rings. The second-order valence-electron chi connectivity index (χ2n) is 3.80. The molecule has 1 atom stereocenters. The molecule has 96 valence electrons. The number of rotatable bonds is 6. The van der Waals surface area contributed by atoms with Gasteiger partial charge in [0.15, 0.2) is 0 Å². The van der Waals surface area contributed by atoms with Crippen molar-refractivity contribution in [3.8, 4) is 0 Å². The van der Waals surface area contributed by atoms with Crippen molar-refractivity contribution in [2.24, 2.45) is 0 Å². The molecule has 0 aliphatic heterocycles. The maximum absolute atomic E-state index is 11.8. The Hall–Kier alpha value is -0.390. The summed E-state index contributed by atoms with van der Waals surface area (Å²) in [6, 6.07) is 2.23. The summed E-state index contributed by atoms with van der Waals surface area (Å²) in [6.45, 7) is 8.02. The van der Waals surface area contributed by atoms with Gasteiger partial charge in [0, 0.05) is 28.5 Å². The minimum absolute atomic E-state index is 0.162. The first-order chi connectivity index (χ1) is 8.10. The molecule has 1 amide bonds. The Labute approximate surface area is 115 Å². The van der Waals surface area contributed by atoms with Crippen LogP contribution in [-0.4, -0.2) is 30.4 Å². The van der Waals surface area contributed by atoms with Crippen LogP contribution in [-0.2, 0) is 4.79 Å². The molecule has 17 heavy (non-hydrogen) atoms. The first kappa shape index (κ1) is 14.7. The molecule has 0 spiro atoms. The predicted octanol–water partition coefficient (Wildman–Crippen LogP) is 3.03. The van der Waals surface area contributed by atoms with Crippen LogP contribution < -0.4 is 5.32 Å². The van der Waals surface area contributed by atoms with Crippen LogP contribution >= 0.6 is 27.3 Å². The van der Waals surface area contributed by atoms with Crippen molar-refractivity contribution in [3.05, 3.63) is 20.8 Å². The Morgan fingerprint density at radius 2 is 2.18 bits per heavy atom. The van der Waals surface area contributed by atoms with E-state index in [0.717, 1.165) is 17.6 Å². The van der Waals surface area contributed by atoms with Crippen molar-refractivity contribution < 1.29 is 4.79 Å². The van der Waals surface area contributed by atoms with Crippen molar-refractivity contribution in [2.45, 2.75) is 26.8 Å². The van der Waals surface area contributed by atoms with E-state index in [4.69, 9.17) is 0 Å². The third kappa shape index (κ3) is 4.08. The zero-order chi connectivity index (χ0) is 12.8. The first-order valence-electron chi connectivity index (χ1n) is 5.84. The van der Waals surface area contributed by atoms with Crippen molar-refractivity contribution >= 4 is 33.2 Å². The highest BCUT2D eigenvalue weighted by atomic mass is 79.9. The van der Waals surface area contributed by atoms with Gasteiger partial charge in [-0.05, 0) is 48.1 Å². The Balaban J connectivity index is 2.46. The second-order valence-corrected chi connectivity index (χ2v) is 5.60. The third-order valence-corrected chi connectivity index (χ3v) is 4.77. The maximum atomic E-state index is 11.8. The molecule has 0 bridgehead atoms. The van der Waals surface area contributed by atoms with Crippen LogP contribution in [0.1, 0.15) is 31.7 Å². The van der Waals surface area contributed by atoms with E-state index in [1.165, 1.54) is 4.88 Å². The largest absolute Gasteiger partial charge is 0.342 e. The molecule has 0 saturated carbocycles. The average molecular weight is 319 g/mol. The van der Waals surface area contributed by atoms with Gasteiger partial charge in [-0.2, -0.15) is 0 Å². The number of carbonyl (C=O) groups excluding carboxylic acids is 1. The predicted molar refractivity (Wildman–Crippen MR) is 76.4 cm³/mol. The number of likely N-dealkylation sites (N-methyl/N-ethyl adjacent to an activating group) is 1. The summed E-state index contributed by atoms with van der Waals surface area (Å²) in [5.74, 6) is 0.162. The highest BCUT2D eigenvalue weighted by molar-refractivity contribution is 9.10. The Kier molecular flexibility index (Phi) is 6.16. The standard InChI is InChI=1S/C12H19BrN2OS/c1-4-15(5-2)11(16)8-14-9(3)12-10(13)6-7-17-12/h6-7,9,14H,4-5,8H2,1-3H3. The van der Waals surface area contributed by atoms with Crippen molar-refractivity contribution in [2.75, 3.05) is 19.6 Å². The van der Waals surface area contributed by atoms with Gasteiger partial charge in [-0.3, -0.25) is 4.79 Å². The molecule has 0 saturated heterocycles. The van der Waals surface area contributed by atoms with Crippen LogP contribution in [0.4, 0.5) is 0 Å². The zero-order valence-electron chi connectivity index (χ0n) is 10.5. The number of nitrogens with one attached hydrogen (secondary N) is 1. The minimum Gasteiger partial charge on any atom is -0.342 e. The van der Waals surface area contributed by atoms with E-state index in [-0.39, 0.29) is 11.9 Å².